The van der Waals surface area contributed by atoms with Crippen LogP contribution in [0.1, 0.15) is 25.7 Å². The minimum atomic E-state index is -0.722. The van der Waals surface area contributed by atoms with Gasteiger partial charge >= 0.3 is 5.97 Å². The van der Waals surface area contributed by atoms with Crippen LogP contribution in [0.25, 0.3) is 0 Å². The molecule has 0 aromatic carbocycles. The molecule has 0 spiro atoms. The number of carboxylic acids is 1. The average Bonchev–Trinajstić information content (AvgIpc) is 2.77. The van der Waals surface area contributed by atoms with E-state index in [1.165, 1.54) is 0 Å². The Hall–Kier alpha value is -0.650. The second kappa shape index (κ2) is 8.45. The molecule has 18 heavy (non-hydrogen) atoms. The van der Waals surface area contributed by atoms with Crippen molar-refractivity contribution in [2.45, 2.75) is 31.8 Å². The number of nitrogens with zero attached hydrogens (tertiary/aromatic N) is 2. The van der Waals surface area contributed by atoms with E-state index in [4.69, 9.17) is 9.84 Å². The lowest BCUT2D eigenvalue weighted by molar-refractivity contribution is -0.137. The highest BCUT2D eigenvalue weighted by Crippen LogP contribution is 2.13. The van der Waals surface area contributed by atoms with Gasteiger partial charge in [0, 0.05) is 19.7 Å². The standard InChI is InChI=1S/C13H26N2O3/c1-14(2)7-4-8-15(9-6-13(16)17)11-12-5-3-10-18-12/h12H,3-11H2,1-2H3,(H,16,17). The molecule has 0 aliphatic carbocycles. The van der Waals surface area contributed by atoms with Crippen LogP contribution in [-0.4, -0.2) is 73.9 Å². The van der Waals surface area contributed by atoms with Crippen molar-refractivity contribution in [1.29, 1.82) is 0 Å². The van der Waals surface area contributed by atoms with Crippen molar-refractivity contribution in [2.75, 3.05) is 46.9 Å². The van der Waals surface area contributed by atoms with Gasteiger partial charge in [0.15, 0.2) is 0 Å². The van der Waals surface area contributed by atoms with E-state index in [0.717, 1.165) is 45.5 Å². The second-order valence-electron chi connectivity index (χ2n) is 5.24. The normalized spacial score (nSPS) is 19.9. The summed E-state index contributed by atoms with van der Waals surface area (Å²) in [6.07, 6.45) is 3.83. The van der Waals surface area contributed by atoms with E-state index in [9.17, 15) is 4.79 Å². The maximum absolute atomic E-state index is 10.7. The van der Waals surface area contributed by atoms with Gasteiger partial charge in [-0.05, 0) is 46.4 Å². The van der Waals surface area contributed by atoms with Gasteiger partial charge in [0.05, 0.1) is 12.5 Å². The van der Waals surface area contributed by atoms with Gasteiger partial charge in [-0.15, -0.1) is 0 Å². The lowest BCUT2D eigenvalue weighted by atomic mass is 10.2. The van der Waals surface area contributed by atoms with E-state index in [1.807, 2.05) is 0 Å². The molecule has 106 valence electrons. The highest BCUT2D eigenvalue weighted by Gasteiger charge is 2.19. The van der Waals surface area contributed by atoms with Crippen LogP contribution in [0.3, 0.4) is 0 Å². The van der Waals surface area contributed by atoms with E-state index in [1.54, 1.807) is 0 Å². The van der Waals surface area contributed by atoms with Crippen LogP contribution in [0.15, 0.2) is 0 Å². The minimum absolute atomic E-state index is 0.217. The van der Waals surface area contributed by atoms with Gasteiger partial charge in [0.2, 0.25) is 0 Å². The fraction of sp³-hybridized carbons (Fsp3) is 0.923. The summed E-state index contributed by atoms with van der Waals surface area (Å²) in [5.74, 6) is -0.722. The van der Waals surface area contributed by atoms with Crippen molar-refractivity contribution in [2.24, 2.45) is 0 Å². The molecule has 1 fully saturated rings. The molecule has 0 radical (unpaired) electrons. The summed E-state index contributed by atoms with van der Waals surface area (Å²) in [6, 6.07) is 0. The molecular formula is C13H26N2O3. The Morgan fingerprint density at radius 1 is 1.33 bits per heavy atom. The highest BCUT2D eigenvalue weighted by atomic mass is 16.5. The zero-order valence-corrected chi connectivity index (χ0v) is 11.6. The van der Waals surface area contributed by atoms with Crippen LogP contribution in [0.5, 0.6) is 0 Å². The molecule has 1 heterocycles. The molecule has 0 saturated carbocycles. The first kappa shape index (κ1) is 15.4. The molecule has 1 saturated heterocycles. The maximum atomic E-state index is 10.7. The third-order valence-corrected chi connectivity index (χ3v) is 3.21. The first-order chi connectivity index (χ1) is 8.58. The van der Waals surface area contributed by atoms with E-state index < -0.39 is 5.97 Å². The number of rotatable bonds is 9. The largest absolute Gasteiger partial charge is 0.481 e. The molecule has 0 amide bonds. The van der Waals surface area contributed by atoms with Crippen molar-refractivity contribution in [3.05, 3.63) is 0 Å². The Morgan fingerprint density at radius 3 is 2.67 bits per heavy atom. The lowest BCUT2D eigenvalue weighted by Gasteiger charge is -2.25. The van der Waals surface area contributed by atoms with Crippen molar-refractivity contribution >= 4 is 5.97 Å². The summed E-state index contributed by atoms with van der Waals surface area (Å²) in [6.45, 7) is 4.35. The Balaban J connectivity index is 2.27. The Labute approximate surface area is 110 Å². The molecule has 5 nitrogen and oxygen atoms in total. The van der Waals surface area contributed by atoms with Gasteiger partial charge in [-0.2, -0.15) is 0 Å². The Kier molecular flexibility index (Phi) is 7.23. The monoisotopic (exact) mass is 258 g/mol. The number of carbonyl (C=O) groups is 1. The molecule has 1 aliphatic heterocycles. The topological polar surface area (TPSA) is 53.0 Å². The molecule has 5 heteroatoms. The van der Waals surface area contributed by atoms with Gasteiger partial charge in [-0.3, -0.25) is 4.79 Å². The third-order valence-electron chi connectivity index (χ3n) is 3.21. The van der Waals surface area contributed by atoms with Gasteiger partial charge in [0.1, 0.15) is 0 Å². The maximum Gasteiger partial charge on any atom is 0.304 e. The fourth-order valence-electron chi connectivity index (χ4n) is 2.23. The van der Waals surface area contributed by atoms with E-state index in [2.05, 4.69) is 23.9 Å². The van der Waals surface area contributed by atoms with Crippen LogP contribution in [0.4, 0.5) is 0 Å². The highest BCUT2D eigenvalue weighted by molar-refractivity contribution is 5.66. The Bertz CT molecular complexity index is 240. The summed E-state index contributed by atoms with van der Waals surface area (Å²) < 4.78 is 5.62. The van der Waals surface area contributed by atoms with Crippen molar-refractivity contribution in [3.63, 3.8) is 0 Å². The van der Waals surface area contributed by atoms with Crippen molar-refractivity contribution in [1.82, 2.24) is 9.80 Å². The van der Waals surface area contributed by atoms with Crippen LogP contribution >= 0.6 is 0 Å². The number of carboxylic acid groups (broad SMARTS) is 1. The first-order valence-electron chi connectivity index (χ1n) is 6.78. The second-order valence-corrected chi connectivity index (χ2v) is 5.24. The number of aliphatic carboxylic acids is 1. The molecule has 1 unspecified atom stereocenters. The quantitative estimate of drug-likeness (QED) is 0.666. The van der Waals surface area contributed by atoms with E-state index in [0.29, 0.717) is 12.6 Å². The molecule has 1 N–H and O–H groups in total. The van der Waals surface area contributed by atoms with Crippen LogP contribution in [0, 0.1) is 0 Å². The van der Waals surface area contributed by atoms with Crippen LogP contribution in [-0.2, 0) is 9.53 Å². The van der Waals surface area contributed by atoms with Gasteiger partial charge in [-0.25, -0.2) is 0 Å². The van der Waals surface area contributed by atoms with Crippen LogP contribution in [0.2, 0.25) is 0 Å². The number of hydrogen-bond acceptors (Lipinski definition) is 4. The minimum Gasteiger partial charge on any atom is -0.481 e. The summed E-state index contributed by atoms with van der Waals surface area (Å²) in [5, 5.41) is 8.77. The predicted molar refractivity (Wildman–Crippen MR) is 70.8 cm³/mol. The molecule has 1 atom stereocenters. The van der Waals surface area contributed by atoms with Crippen LogP contribution < -0.4 is 0 Å². The van der Waals surface area contributed by atoms with Gasteiger partial charge in [0.25, 0.3) is 0 Å². The number of ether oxygens (including phenoxy) is 1. The molecule has 1 aliphatic rings. The SMILES string of the molecule is CN(C)CCCN(CCC(=O)O)CC1CCCO1. The van der Waals surface area contributed by atoms with Crippen molar-refractivity contribution < 1.29 is 14.6 Å². The molecule has 0 aromatic heterocycles. The summed E-state index contributed by atoms with van der Waals surface area (Å²) in [7, 11) is 4.11. The molecule has 0 bridgehead atoms. The van der Waals surface area contributed by atoms with Gasteiger partial charge < -0.3 is 19.6 Å². The third kappa shape index (κ3) is 6.93. The summed E-state index contributed by atoms with van der Waals surface area (Å²) in [5.41, 5.74) is 0. The van der Waals surface area contributed by atoms with Gasteiger partial charge in [-0.1, -0.05) is 0 Å². The zero-order chi connectivity index (χ0) is 13.4. The number of hydrogen-bond donors (Lipinski definition) is 1. The lowest BCUT2D eigenvalue weighted by Crippen LogP contribution is -2.35. The van der Waals surface area contributed by atoms with E-state index in [-0.39, 0.29) is 6.42 Å². The zero-order valence-electron chi connectivity index (χ0n) is 11.6. The summed E-state index contributed by atoms with van der Waals surface area (Å²) >= 11 is 0. The first-order valence-corrected chi connectivity index (χ1v) is 6.78. The van der Waals surface area contributed by atoms with Crippen molar-refractivity contribution in [3.8, 4) is 0 Å². The predicted octanol–water partition coefficient (Wildman–Crippen LogP) is 0.894. The summed E-state index contributed by atoms with van der Waals surface area (Å²) in [4.78, 5) is 15.0. The fourth-order valence-corrected chi connectivity index (χ4v) is 2.23. The average molecular weight is 258 g/mol. The molecular weight excluding hydrogens is 232 g/mol. The smallest absolute Gasteiger partial charge is 0.304 e. The van der Waals surface area contributed by atoms with E-state index >= 15 is 0 Å². The molecule has 1 rings (SSSR count). The Morgan fingerprint density at radius 2 is 2.11 bits per heavy atom. The molecule has 0 aromatic rings.